The number of benzene rings is 1. The summed E-state index contributed by atoms with van der Waals surface area (Å²) in [5, 5.41) is 3.89. The number of halogens is 1. The number of fused-ring (bicyclic) bond motifs is 1. The van der Waals surface area contributed by atoms with Gasteiger partial charge >= 0.3 is 0 Å². The Morgan fingerprint density at radius 2 is 2.17 bits per heavy atom. The second-order valence-corrected chi connectivity index (χ2v) is 6.81. The van der Waals surface area contributed by atoms with Crippen molar-refractivity contribution in [3.8, 4) is 0 Å². The van der Waals surface area contributed by atoms with E-state index in [4.69, 9.17) is 11.6 Å². The molecular formula is C16H15ClN4OS. The average Bonchev–Trinajstić information content (AvgIpc) is 2.93. The quantitative estimate of drug-likeness (QED) is 0.699. The molecule has 0 radical (unpaired) electrons. The first-order valence-corrected chi connectivity index (χ1v) is 8.33. The van der Waals surface area contributed by atoms with Crippen molar-refractivity contribution >= 4 is 46.1 Å². The molecule has 1 aromatic carbocycles. The number of imidazole rings is 1. The van der Waals surface area contributed by atoms with Gasteiger partial charge in [0, 0.05) is 16.9 Å². The van der Waals surface area contributed by atoms with E-state index in [0.717, 1.165) is 16.8 Å². The number of carbonyl (C=O) groups is 1. The minimum absolute atomic E-state index is 0.103. The van der Waals surface area contributed by atoms with Gasteiger partial charge in [-0.15, -0.1) is 0 Å². The normalized spacial score (nSPS) is 12.3. The monoisotopic (exact) mass is 346 g/mol. The predicted octanol–water partition coefficient (Wildman–Crippen LogP) is 4.04. The summed E-state index contributed by atoms with van der Waals surface area (Å²) < 4.78 is 0. The average molecular weight is 347 g/mol. The summed E-state index contributed by atoms with van der Waals surface area (Å²) in [6.45, 7) is 3.71. The molecule has 7 heteroatoms. The van der Waals surface area contributed by atoms with E-state index < -0.39 is 0 Å². The van der Waals surface area contributed by atoms with Crippen LogP contribution in [0.1, 0.15) is 12.5 Å². The molecule has 2 aromatic heterocycles. The number of pyridine rings is 1. The zero-order chi connectivity index (χ0) is 16.4. The molecule has 0 saturated heterocycles. The molecule has 118 valence electrons. The lowest BCUT2D eigenvalue weighted by Gasteiger charge is -2.13. The fraction of sp³-hybridized carbons (Fsp3) is 0.188. The van der Waals surface area contributed by atoms with E-state index in [9.17, 15) is 4.79 Å². The van der Waals surface area contributed by atoms with Crippen LogP contribution in [0.15, 0.2) is 41.7 Å². The first kappa shape index (κ1) is 15.8. The highest BCUT2D eigenvalue weighted by Crippen LogP contribution is 2.26. The molecule has 0 aliphatic heterocycles. The fourth-order valence-electron chi connectivity index (χ4n) is 2.08. The maximum Gasteiger partial charge on any atom is 0.237 e. The highest BCUT2D eigenvalue weighted by atomic mass is 35.5. The third-order valence-electron chi connectivity index (χ3n) is 3.42. The minimum atomic E-state index is -0.311. The van der Waals surface area contributed by atoms with Crippen molar-refractivity contribution in [2.24, 2.45) is 0 Å². The minimum Gasteiger partial charge on any atom is -0.332 e. The van der Waals surface area contributed by atoms with E-state index >= 15 is 0 Å². The Kier molecular flexibility index (Phi) is 4.54. The van der Waals surface area contributed by atoms with Crippen LogP contribution >= 0.6 is 23.4 Å². The van der Waals surface area contributed by atoms with Gasteiger partial charge in [0.25, 0.3) is 0 Å². The van der Waals surface area contributed by atoms with Gasteiger partial charge in [0.1, 0.15) is 0 Å². The van der Waals surface area contributed by atoms with Gasteiger partial charge < -0.3 is 10.3 Å². The molecule has 0 bridgehead atoms. The van der Waals surface area contributed by atoms with Crippen LogP contribution in [0.4, 0.5) is 5.69 Å². The molecule has 0 saturated carbocycles. The molecule has 0 fully saturated rings. The lowest BCUT2D eigenvalue weighted by Crippen LogP contribution is -2.23. The number of anilines is 1. The lowest BCUT2D eigenvalue weighted by molar-refractivity contribution is -0.115. The Bertz CT molecular complexity index is 831. The fourth-order valence-corrected chi connectivity index (χ4v) is 3.06. The Balaban J connectivity index is 1.71. The number of nitrogens with zero attached hydrogens (tertiary/aromatic N) is 2. The number of aromatic nitrogens is 3. The van der Waals surface area contributed by atoms with Crippen LogP contribution in [0.25, 0.3) is 11.2 Å². The number of aromatic amines is 1. The van der Waals surface area contributed by atoms with Gasteiger partial charge in [-0.1, -0.05) is 29.4 Å². The summed E-state index contributed by atoms with van der Waals surface area (Å²) in [5.74, 6) is -0.103. The van der Waals surface area contributed by atoms with Gasteiger partial charge in [-0.3, -0.25) is 4.79 Å². The lowest BCUT2D eigenvalue weighted by atomic mass is 10.2. The number of rotatable bonds is 4. The SMILES string of the molecule is Cc1c(Cl)cccc1NC(=O)[C@@H](C)Sc1nc2ncccc2[nH]1. The summed E-state index contributed by atoms with van der Waals surface area (Å²) in [5.41, 5.74) is 3.08. The van der Waals surface area contributed by atoms with E-state index in [-0.39, 0.29) is 11.2 Å². The standard InChI is InChI=1S/C16H15ClN4OS/c1-9-11(17)5-3-6-12(9)19-15(22)10(2)23-16-20-13-7-4-8-18-14(13)21-16/h3-8,10H,1-2H3,(H,19,22)(H,18,20,21)/t10-/m1/s1. The Morgan fingerprint density at radius 1 is 1.35 bits per heavy atom. The molecule has 2 N–H and O–H groups in total. The summed E-state index contributed by atoms with van der Waals surface area (Å²) in [6, 6.07) is 9.19. The zero-order valence-electron chi connectivity index (χ0n) is 12.6. The van der Waals surface area contributed by atoms with E-state index in [1.807, 2.05) is 38.1 Å². The van der Waals surface area contributed by atoms with Crippen molar-refractivity contribution in [3.05, 3.63) is 47.1 Å². The Hall–Kier alpha value is -2.05. The van der Waals surface area contributed by atoms with Crippen LogP contribution in [0.5, 0.6) is 0 Å². The Morgan fingerprint density at radius 3 is 2.96 bits per heavy atom. The second kappa shape index (κ2) is 6.60. The molecule has 23 heavy (non-hydrogen) atoms. The third-order valence-corrected chi connectivity index (χ3v) is 4.81. The van der Waals surface area contributed by atoms with E-state index in [2.05, 4.69) is 20.3 Å². The molecule has 3 rings (SSSR count). The highest BCUT2D eigenvalue weighted by Gasteiger charge is 2.18. The van der Waals surface area contributed by atoms with Crippen molar-refractivity contribution in [2.75, 3.05) is 5.32 Å². The van der Waals surface area contributed by atoms with Crippen molar-refractivity contribution < 1.29 is 4.79 Å². The van der Waals surface area contributed by atoms with Crippen molar-refractivity contribution in [3.63, 3.8) is 0 Å². The van der Waals surface area contributed by atoms with Crippen LogP contribution in [-0.2, 0) is 4.79 Å². The van der Waals surface area contributed by atoms with E-state index in [0.29, 0.717) is 15.8 Å². The number of hydrogen-bond acceptors (Lipinski definition) is 4. The van der Waals surface area contributed by atoms with Gasteiger partial charge in [0.2, 0.25) is 5.91 Å². The molecule has 1 atom stereocenters. The van der Waals surface area contributed by atoms with Crippen LogP contribution in [-0.4, -0.2) is 26.1 Å². The van der Waals surface area contributed by atoms with Gasteiger partial charge in [-0.05, 0) is 43.7 Å². The molecule has 1 amide bonds. The van der Waals surface area contributed by atoms with Crippen LogP contribution in [0, 0.1) is 6.92 Å². The number of carbonyl (C=O) groups excluding carboxylic acids is 1. The highest BCUT2D eigenvalue weighted by molar-refractivity contribution is 8.00. The molecule has 0 aliphatic carbocycles. The summed E-state index contributed by atoms with van der Waals surface area (Å²) >= 11 is 7.43. The largest absolute Gasteiger partial charge is 0.332 e. The third kappa shape index (κ3) is 3.48. The number of H-pyrrole nitrogens is 1. The van der Waals surface area contributed by atoms with Crippen LogP contribution in [0.3, 0.4) is 0 Å². The molecular weight excluding hydrogens is 332 g/mol. The summed E-state index contributed by atoms with van der Waals surface area (Å²) in [6.07, 6.45) is 1.69. The van der Waals surface area contributed by atoms with Crippen molar-refractivity contribution in [1.29, 1.82) is 0 Å². The van der Waals surface area contributed by atoms with E-state index in [1.165, 1.54) is 11.8 Å². The number of thioether (sulfide) groups is 1. The van der Waals surface area contributed by atoms with Gasteiger partial charge in [-0.25, -0.2) is 9.97 Å². The summed E-state index contributed by atoms with van der Waals surface area (Å²) in [4.78, 5) is 24.1. The zero-order valence-corrected chi connectivity index (χ0v) is 14.2. The molecule has 5 nitrogen and oxygen atoms in total. The van der Waals surface area contributed by atoms with Crippen LogP contribution in [0.2, 0.25) is 5.02 Å². The maximum atomic E-state index is 12.4. The van der Waals surface area contributed by atoms with Gasteiger partial charge in [-0.2, -0.15) is 0 Å². The molecule has 2 heterocycles. The molecule has 0 spiro atoms. The summed E-state index contributed by atoms with van der Waals surface area (Å²) in [7, 11) is 0. The first-order chi connectivity index (χ1) is 11.0. The van der Waals surface area contributed by atoms with Gasteiger partial charge in [0.05, 0.1) is 10.8 Å². The smallest absolute Gasteiger partial charge is 0.237 e. The van der Waals surface area contributed by atoms with Crippen molar-refractivity contribution in [1.82, 2.24) is 15.0 Å². The molecule has 0 aliphatic rings. The van der Waals surface area contributed by atoms with Gasteiger partial charge in [0.15, 0.2) is 10.8 Å². The number of amides is 1. The first-order valence-electron chi connectivity index (χ1n) is 7.08. The van der Waals surface area contributed by atoms with Crippen molar-refractivity contribution in [2.45, 2.75) is 24.3 Å². The van der Waals surface area contributed by atoms with Crippen LogP contribution < -0.4 is 5.32 Å². The topological polar surface area (TPSA) is 70.7 Å². The van der Waals surface area contributed by atoms with E-state index in [1.54, 1.807) is 12.3 Å². The maximum absolute atomic E-state index is 12.4. The number of nitrogens with one attached hydrogen (secondary N) is 2. The second-order valence-electron chi connectivity index (χ2n) is 5.08. The molecule has 3 aromatic rings. The predicted molar refractivity (Wildman–Crippen MR) is 94.0 cm³/mol. The molecule has 0 unspecified atom stereocenters. The number of hydrogen-bond donors (Lipinski definition) is 2. The Labute approximate surface area is 142 Å².